The molecule has 0 saturated carbocycles. The Morgan fingerprint density at radius 2 is 0.860 bits per heavy atom. The first-order valence-electron chi connectivity index (χ1n) is 19.4. The summed E-state index contributed by atoms with van der Waals surface area (Å²) in [6.45, 7) is 0. The van der Waals surface area contributed by atoms with Crippen LogP contribution < -0.4 is 0 Å². The van der Waals surface area contributed by atoms with Crippen molar-refractivity contribution >= 4 is 127 Å². The van der Waals surface area contributed by atoms with Crippen molar-refractivity contribution in [2.45, 2.75) is 0 Å². The molecule has 13 aromatic rings. The van der Waals surface area contributed by atoms with Crippen molar-refractivity contribution in [1.29, 1.82) is 0 Å². The highest BCUT2D eigenvalue weighted by molar-refractivity contribution is 7.30. The van der Waals surface area contributed by atoms with Crippen molar-refractivity contribution in [1.82, 2.24) is 0 Å². The second-order valence-corrected chi connectivity index (χ2v) is 18.3. The standard InChI is InChI=1S/C54H30S3/c1-2-11-31(12-3-1)51-37-14-4-6-16-39(37)52(40-17-7-5-15-38(40)51)34-21-23-36-44-28-33(22-25-47(44)56-49(36)29-34)35-19-10-13-32-27-45-41-24-26-48-53(42-18-8-9-20-46(42)55-48)54(41)57-50(45)30-43(32)35/h1-30H. The minimum Gasteiger partial charge on any atom is -0.135 e. The van der Waals surface area contributed by atoms with Crippen molar-refractivity contribution in [2.24, 2.45) is 0 Å². The average Bonchev–Trinajstić information content (AvgIpc) is 3.95. The fourth-order valence-electron chi connectivity index (χ4n) is 9.52. The van der Waals surface area contributed by atoms with Crippen LogP contribution >= 0.6 is 34.0 Å². The molecule has 0 fully saturated rings. The Kier molecular flexibility index (Phi) is 6.73. The highest BCUT2D eigenvalue weighted by atomic mass is 32.1. The lowest BCUT2D eigenvalue weighted by molar-refractivity contribution is 1.66. The summed E-state index contributed by atoms with van der Waals surface area (Å²) in [7, 11) is 0. The molecule has 0 unspecified atom stereocenters. The van der Waals surface area contributed by atoms with Gasteiger partial charge in [-0.15, -0.1) is 34.0 Å². The highest BCUT2D eigenvalue weighted by Gasteiger charge is 2.19. The zero-order valence-electron chi connectivity index (χ0n) is 30.5. The molecule has 10 aromatic carbocycles. The second-order valence-electron chi connectivity index (χ2n) is 15.1. The monoisotopic (exact) mass is 774 g/mol. The maximum absolute atomic E-state index is 2.45. The lowest BCUT2D eigenvalue weighted by Crippen LogP contribution is -1.90. The molecule has 264 valence electrons. The molecule has 0 nitrogen and oxygen atoms in total. The molecule has 3 heterocycles. The van der Waals surface area contributed by atoms with E-state index < -0.39 is 0 Å². The van der Waals surface area contributed by atoms with E-state index in [4.69, 9.17) is 0 Å². The molecular weight excluding hydrogens is 745 g/mol. The van der Waals surface area contributed by atoms with Crippen molar-refractivity contribution in [3.8, 4) is 33.4 Å². The van der Waals surface area contributed by atoms with Crippen LogP contribution in [-0.2, 0) is 0 Å². The van der Waals surface area contributed by atoms with Gasteiger partial charge < -0.3 is 0 Å². The van der Waals surface area contributed by atoms with E-state index in [-0.39, 0.29) is 0 Å². The van der Waals surface area contributed by atoms with Gasteiger partial charge in [-0.1, -0.05) is 140 Å². The first-order chi connectivity index (χ1) is 28.2. The third-order valence-electron chi connectivity index (χ3n) is 12.0. The summed E-state index contributed by atoms with van der Waals surface area (Å²) in [6.07, 6.45) is 0. The van der Waals surface area contributed by atoms with Gasteiger partial charge in [-0.25, -0.2) is 0 Å². The molecule has 57 heavy (non-hydrogen) atoms. The van der Waals surface area contributed by atoms with Crippen molar-refractivity contribution in [2.75, 3.05) is 0 Å². The van der Waals surface area contributed by atoms with Crippen molar-refractivity contribution in [3.63, 3.8) is 0 Å². The van der Waals surface area contributed by atoms with Gasteiger partial charge in [0.15, 0.2) is 0 Å². The van der Waals surface area contributed by atoms with Crippen LogP contribution in [0.5, 0.6) is 0 Å². The van der Waals surface area contributed by atoms with Crippen LogP contribution in [0.25, 0.3) is 126 Å². The number of fused-ring (bicyclic) bond motifs is 13. The molecule has 0 aliphatic carbocycles. The minimum absolute atomic E-state index is 1.25. The fourth-order valence-corrected chi connectivity index (χ4v) is 13.1. The quantitative estimate of drug-likeness (QED) is 0.157. The van der Waals surface area contributed by atoms with Crippen LogP contribution in [0.4, 0.5) is 0 Å². The van der Waals surface area contributed by atoms with Gasteiger partial charge in [0.1, 0.15) is 0 Å². The second kappa shape index (κ2) is 12.1. The summed E-state index contributed by atoms with van der Waals surface area (Å²) < 4.78 is 8.11. The Morgan fingerprint density at radius 3 is 1.65 bits per heavy atom. The molecule has 13 rings (SSSR count). The van der Waals surface area contributed by atoms with E-state index in [1.165, 1.54) is 126 Å². The number of rotatable bonds is 3. The largest absolute Gasteiger partial charge is 0.135 e. The van der Waals surface area contributed by atoms with Gasteiger partial charge in [-0.3, -0.25) is 0 Å². The van der Waals surface area contributed by atoms with Gasteiger partial charge in [-0.2, -0.15) is 0 Å². The minimum atomic E-state index is 1.25. The van der Waals surface area contributed by atoms with Gasteiger partial charge in [0, 0.05) is 60.5 Å². The first kappa shape index (κ1) is 31.8. The number of thiophene rings is 3. The van der Waals surface area contributed by atoms with E-state index >= 15 is 0 Å². The number of benzene rings is 10. The summed E-state index contributed by atoms with van der Waals surface area (Å²) >= 11 is 5.74. The van der Waals surface area contributed by atoms with Crippen molar-refractivity contribution in [3.05, 3.63) is 182 Å². The Morgan fingerprint density at radius 1 is 0.263 bits per heavy atom. The Labute approximate surface area is 340 Å². The topological polar surface area (TPSA) is 0 Å². The van der Waals surface area contributed by atoms with Crippen LogP contribution in [0, 0.1) is 0 Å². The Hall–Kier alpha value is -6.36. The molecule has 0 saturated heterocycles. The smallest absolute Gasteiger partial charge is 0.0448 e. The third-order valence-corrected chi connectivity index (χ3v) is 15.5. The molecule has 3 heteroatoms. The molecule has 3 aromatic heterocycles. The van der Waals surface area contributed by atoms with Gasteiger partial charge in [0.2, 0.25) is 0 Å². The lowest BCUT2D eigenvalue weighted by atomic mass is 9.86. The Balaban J connectivity index is 0.971. The lowest BCUT2D eigenvalue weighted by Gasteiger charge is -2.17. The van der Waals surface area contributed by atoms with E-state index in [0.29, 0.717) is 0 Å². The van der Waals surface area contributed by atoms with Gasteiger partial charge >= 0.3 is 0 Å². The van der Waals surface area contributed by atoms with Crippen LogP contribution in [-0.4, -0.2) is 0 Å². The molecular formula is C54H30S3. The molecule has 0 radical (unpaired) electrons. The van der Waals surface area contributed by atoms with Crippen LogP contribution in [0.1, 0.15) is 0 Å². The van der Waals surface area contributed by atoms with E-state index in [9.17, 15) is 0 Å². The van der Waals surface area contributed by atoms with Crippen LogP contribution in [0.15, 0.2) is 182 Å². The maximum Gasteiger partial charge on any atom is 0.0448 e. The summed E-state index contributed by atoms with van der Waals surface area (Å²) in [5, 5.41) is 15.9. The molecule has 0 aliphatic heterocycles. The summed E-state index contributed by atoms with van der Waals surface area (Å²) in [6, 6.07) is 68.1. The first-order valence-corrected chi connectivity index (χ1v) is 21.9. The Bertz CT molecular complexity index is 3750. The van der Waals surface area contributed by atoms with E-state index in [1.54, 1.807) is 0 Å². The summed E-state index contributed by atoms with van der Waals surface area (Å²) in [4.78, 5) is 0. The van der Waals surface area contributed by atoms with Gasteiger partial charge in [0.05, 0.1) is 0 Å². The van der Waals surface area contributed by atoms with E-state index in [2.05, 4.69) is 182 Å². The number of hydrogen-bond donors (Lipinski definition) is 0. The molecule has 0 spiro atoms. The summed E-state index contributed by atoms with van der Waals surface area (Å²) in [5.41, 5.74) is 7.66. The SMILES string of the molecule is c1ccc(-c2c3ccccc3c(-c3ccc4c(c3)sc3ccc(-c5cccc6cc7c(cc56)sc5c7ccc6sc7ccccc7c65)cc34)c3ccccc23)cc1. The van der Waals surface area contributed by atoms with E-state index in [0.717, 1.165) is 0 Å². The van der Waals surface area contributed by atoms with Crippen LogP contribution in [0.2, 0.25) is 0 Å². The normalized spacial score (nSPS) is 12.2. The molecule has 0 bridgehead atoms. The maximum atomic E-state index is 2.45. The van der Waals surface area contributed by atoms with Crippen molar-refractivity contribution < 1.29 is 0 Å². The predicted molar refractivity (Wildman–Crippen MR) is 254 cm³/mol. The zero-order valence-corrected chi connectivity index (χ0v) is 33.0. The zero-order chi connectivity index (χ0) is 37.2. The molecule has 0 amide bonds. The van der Waals surface area contributed by atoms with Gasteiger partial charge in [0.25, 0.3) is 0 Å². The third kappa shape index (κ3) is 4.65. The summed E-state index contributed by atoms with van der Waals surface area (Å²) in [5.74, 6) is 0. The molecule has 0 N–H and O–H groups in total. The highest BCUT2D eigenvalue weighted by Crippen LogP contribution is 2.48. The van der Waals surface area contributed by atoms with E-state index in [1.807, 2.05) is 34.0 Å². The average molecular weight is 775 g/mol. The predicted octanol–water partition coefficient (Wildman–Crippen LogP) is 17.3. The van der Waals surface area contributed by atoms with Gasteiger partial charge in [-0.05, 0) is 108 Å². The number of hydrogen-bond acceptors (Lipinski definition) is 3. The molecule has 0 atom stereocenters. The van der Waals surface area contributed by atoms with Crippen LogP contribution in [0.3, 0.4) is 0 Å². The molecule has 0 aliphatic rings. The fraction of sp³-hybridized carbons (Fsp3) is 0.